The number of nitrogens with zero attached hydrogens (tertiary/aromatic N) is 1. The number of methoxy groups -OCH3 is 1. The summed E-state index contributed by atoms with van der Waals surface area (Å²) in [5.41, 5.74) is 4.63. The molecule has 1 aliphatic carbocycles. The number of ether oxygens (including phenoxy) is 2. The molecule has 2 amide bonds. The highest BCUT2D eigenvalue weighted by Crippen LogP contribution is 2.51. The minimum Gasteiger partial charge on any atom is -0.504 e. The van der Waals surface area contributed by atoms with Gasteiger partial charge in [0, 0.05) is 18.9 Å². The van der Waals surface area contributed by atoms with Crippen LogP contribution in [-0.2, 0) is 19.1 Å². The first kappa shape index (κ1) is 30.6. The van der Waals surface area contributed by atoms with E-state index in [1.54, 1.807) is 7.11 Å². The number of allylic oxidation sites excluding steroid dienone is 2. The highest BCUT2D eigenvalue weighted by atomic mass is 127. The zero-order valence-corrected chi connectivity index (χ0v) is 25.9. The van der Waals surface area contributed by atoms with Crippen LogP contribution in [0.1, 0.15) is 71.3 Å². The van der Waals surface area contributed by atoms with Gasteiger partial charge in [0.15, 0.2) is 11.5 Å². The molecule has 4 atom stereocenters. The normalized spacial score (nSPS) is 24.6. The van der Waals surface area contributed by atoms with E-state index in [0.717, 1.165) is 22.0 Å². The summed E-state index contributed by atoms with van der Waals surface area (Å²) in [4.78, 5) is 39.1. The molecule has 0 bridgehead atoms. The van der Waals surface area contributed by atoms with E-state index in [4.69, 9.17) is 14.6 Å². The molecule has 0 saturated carbocycles. The molecule has 4 rings (SSSR count). The number of carboxylic acids is 1. The van der Waals surface area contributed by atoms with Crippen LogP contribution >= 0.6 is 22.6 Å². The van der Waals surface area contributed by atoms with E-state index in [0.29, 0.717) is 44.6 Å². The van der Waals surface area contributed by atoms with E-state index in [9.17, 15) is 19.5 Å². The largest absolute Gasteiger partial charge is 0.504 e. The van der Waals surface area contributed by atoms with Gasteiger partial charge in [0.25, 0.3) is 0 Å². The van der Waals surface area contributed by atoms with Crippen LogP contribution in [0.3, 0.4) is 0 Å². The van der Waals surface area contributed by atoms with Crippen molar-refractivity contribution in [3.05, 3.63) is 38.0 Å². The van der Waals surface area contributed by atoms with Gasteiger partial charge in [-0.3, -0.25) is 19.3 Å². The predicted molar refractivity (Wildman–Crippen MR) is 160 cm³/mol. The number of aliphatic carboxylic acids is 1. The van der Waals surface area contributed by atoms with Gasteiger partial charge in [0.05, 0.1) is 35.2 Å². The average Bonchev–Trinajstić information content (AvgIpc) is 3.42. The Morgan fingerprint density at radius 2 is 1.93 bits per heavy atom. The molecule has 1 aromatic rings. The van der Waals surface area contributed by atoms with Crippen molar-refractivity contribution in [3.63, 3.8) is 0 Å². The summed E-state index contributed by atoms with van der Waals surface area (Å²) in [6.45, 7) is 7.21. The number of carboxylic acid groups (broad SMARTS) is 1. The molecule has 40 heavy (non-hydrogen) atoms. The maximum absolute atomic E-state index is 13.5. The lowest BCUT2D eigenvalue weighted by Gasteiger charge is -2.33. The van der Waals surface area contributed by atoms with E-state index in [1.807, 2.05) is 12.1 Å². The molecule has 3 aliphatic rings. The van der Waals surface area contributed by atoms with Crippen molar-refractivity contribution in [2.75, 3.05) is 20.3 Å². The average molecular weight is 666 g/mol. The Labute approximate surface area is 249 Å². The number of carbonyl (C=O) groups is 3. The fourth-order valence-electron chi connectivity index (χ4n) is 6.52. The van der Waals surface area contributed by atoms with Crippen molar-refractivity contribution in [2.24, 2.45) is 23.7 Å². The number of unbranched alkanes of at least 4 members (excludes halogenated alkanes) is 2. The van der Waals surface area contributed by atoms with Crippen LogP contribution in [0, 0.1) is 27.2 Å². The highest BCUT2D eigenvalue weighted by molar-refractivity contribution is 14.1. The lowest BCUT2D eigenvalue weighted by atomic mass is 9.67. The zero-order valence-electron chi connectivity index (χ0n) is 23.7. The fourth-order valence-corrected chi connectivity index (χ4v) is 7.14. The zero-order chi connectivity index (χ0) is 29.1. The third-order valence-electron chi connectivity index (χ3n) is 8.49. The molecule has 8 nitrogen and oxygen atoms in total. The van der Waals surface area contributed by atoms with Gasteiger partial charge >= 0.3 is 5.97 Å². The quantitative estimate of drug-likeness (QED) is 0.126. The van der Waals surface area contributed by atoms with Crippen LogP contribution in [0.15, 0.2) is 28.9 Å². The molecule has 9 heteroatoms. The minimum absolute atomic E-state index is 0.0677. The van der Waals surface area contributed by atoms with Crippen molar-refractivity contribution >= 4 is 46.5 Å². The maximum Gasteiger partial charge on any atom is 0.303 e. The molecule has 218 valence electrons. The molecule has 1 aromatic carbocycles. The van der Waals surface area contributed by atoms with Crippen LogP contribution in [0.4, 0.5) is 0 Å². The van der Waals surface area contributed by atoms with Crippen molar-refractivity contribution in [3.8, 4) is 11.5 Å². The number of hydrogen-bond donors (Lipinski definition) is 2. The first-order valence-electron chi connectivity index (χ1n) is 14.2. The van der Waals surface area contributed by atoms with E-state index in [1.165, 1.54) is 21.6 Å². The van der Waals surface area contributed by atoms with Gasteiger partial charge in [-0.25, -0.2) is 0 Å². The number of phenols is 1. The summed E-state index contributed by atoms with van der Waals surface area (Å²) in [6.07, 6.45) is 6.20. The topological polar surface area (TPSA) is 113 Å². The number of hydrogen-bond acceptors (Lipinski definition) is 6. The Morgan fingerprint density at radius 3 is 2.60 bits per heavy atom. The van der Waals surface area contributed by atoms with Gasteiger partial charge in [-0.15, -0.1) is 0 Å². The smallest absolute Gasteiger partial charge is 0.303 e. The molecule has 2 aliphatic heterocycles. The van der Waals surface area contributed by atoms with E-state index in [-0.39, 0.29) is 53.8 Å². The van der Waals surface area contributed by atoms with Crippen LogP contribution in [0.25, 0.3) is 6.08 Å². The number of phenolic OH excluding ortho intramolecular Hbond substituents is 1. The van der Waals surface area contributed by atoms with Gasteiger partial charge in [-0.05, 0) is 90.8 Å². The number of imide groups is 1. The third-order valence-corrected chi connectivity index (χ3v) is 9.31. The summed E-state index contributed by atoms with van der Waals surface area (Å²) in [7, 11) is 1.54. The molecule has 2 saturated heterocycles. The number of benzene rings is 1. The molecule has 2 fully saturated rings. The summed E-state index contributed by atoms with van der Waals surface area (Å²) in [5.74, 6) is -0.894. The second-order valence-corrected chi connectivity index (χ2v) is 12.7. The number of rotatable bonds is 12. The number of likely N-dealkylation sites (tertiary alicyclic amines) is 1. The van der Waals surface area contributed by atoms with Crippen molar-refractivity contribution in [1.82, 2.24) is 4.90 Å². The first-order chi connectivity index (χ1) is 19.0. The Bertz CT molecular complexity index is 1220. The van der Waals surface area contributed by atoms with Crippen LogP contribution < -0.4 is 4.74 Å². The Morgan fingerprint density at radius 1 is 1.18 bits per heavy atom. The summed E-state index contributed by atoms with van der Waals surface area (Å²) in [6, 6.07) is 3.75. The van der Waals surface area contributed by atoms with E-state index < -0.39 is 5.97 Å². The summed E-state index contributed by atoms with van der Waals surface area (Å²) < 4.78 is 12.4. The number of fused-ring (bicyclic) bond motifs is 3. The fraction of sp³-hybridized carbons (Fsp3) is 0.581. The van der Waals surface area contributed by atoms with Crippen LogP contribution in [-0.4, -0.2) is 59.3 Å². The molecule has 0 unspecified atom stereocenters. The van der Waals surface area contributed by atoms with Gasteiger partial charge in [0.1, 0.15) is 0 Å². The van der Waals surface area contributed by atoms with Gasteiger partial charge in [-0.2, -0.15) is 0 Å². The molecule has 0 aromatic heterocycles. The van der Waals surface area contributed by atoms with Crippen molar-refractivity contribution < 1.29 is 34.1 Å². The Hall–Kier alpha value is -2.40. The highest BCUT2D eigenvalue weighted by Gasteiger charge is 2.56. The van der Waals surface area contributed by atoms with Gasteiger partial charge < -0.3 is 19.7 Å². The molecule has 0 radical (unpaired) electrons. The predicted octanol–water partition coefficient (Wildman–Crippen LogP) is 5.81. The Balaban J connectivity index is 1.46. The second kappa shape index (κ2) is 13.1. The van der Waals surface area contributed by atoms with Crippen LogP contribution in [0.5, 0.6) is 11.5 Å². The SMILES string of the molecule is COc1cc(/C=C(\C)CC[C@H]2OC[C@H]3C2=C(C(C)C)C[C@H]2C(=O)N(CCCCCC(=O)O)C(=O)[C@H]23)cc(I)c1O. The Kier molecular flexibility index (Phi) is 9.98. The van der Waals surface area contributed by atoms with Gasteiger partial charge in [0.2, 0.25) is 11.8 Å². The summed E-state index contributed by atoms with van der Waals surface area (Å²) >= 11 is 2.09. The van der Waals surface area contributed by atoms with Gasteiger partial charge in [-0.1, -0.05) is 37.5 Å². The van der Waals surface area contributed by atoms with E-state index in [2.05, 4.69) is 49.4 Å². The standard InChI is InChI=1S/C31H40INO7/c1-17(2)20-15-21-28(31(38)33(30(21)37)11-7-5-6-8-26(34)35)22-16-40-24(27(20)22)10-9-18(3)12-19-13-23(32)29(36)25(14-19)39-4/h12-14,17,21-22,24,28,36H,5-11,15-16H2,1-4H3,(H,34,35)/b18-12+/t21-,22+,24-,28-/m1/s1. The molecular weight excluding hydrogens is 625 g/mol. The summed E-state index contributed by atoms with van der Waals surface area (Å²) in [5, 5.41) is 19.0. The lowest BCUT2D eigenvalue weighted by Crippen LogP contribution is -2.35. The third kappa shape index (κ3) is 6.40. The van der Waals surface area contributed by atoms with E-state index >= 15 is 0 Å². The maximum atomic E-state index is 13.5. The molecular formula is C31H40INO7. The number of amides is 2. The minimum atomic E-state index is -0.823. The van der Waals surface area contributed by atoms with Crippen molar-refractivity contribution in [2.45, 2.75) is 71.8 Å². The van der Waals surface area contributed by atoms with Crippen molar-refractivity contribution in [1.29, 1.82) is 0 Å². The molecule has 0 spiro atoms. The lowest BCUT2D eigenvalue weighted by molar-refractivity contribution is -0.141. The van der Waals surface area contributed by atoms with Crippen LogP contribution in [0.2, 0.25) is 0 Å². The number of carbonyl (C=O) groups excluding carboxylic acids is 2. The second-order valence-electron chi connectivity index (χ2n) is 11.5. The monoisotopic (exact) mass is 665 g/mol. The molecule has 2 N–H and O–H groups in total. The first-order valence-corrected chi connectivity index (χ1v) is 15.3. The number of halogens is 1. The number of aromatic hydroxyl groups is 1. The molecule has 2 heterocycles.